The molecule has 1 aromatic carbocycles. The van der Waals surface area contributed by atoms with Crippen molar-refractivity contribution in [2.45, 2.75) is 27.8 Å². The number of thioether (sulfide) groups is 2. The molecule has 25 heavy (non-hydrogen) atoms. The van der Waals surface area contributed by atoms with Gasteiger partial charge < -0.3 is 15.8 Å². The smallest absolute Gasteiger partial charge is 0.237 e. The van der Waals surface area contributed by atoms with Crippen LogP contribution < -0.4 is 15.8 Å². The fourth-order valence-corrected chi connectivity index (χ4v) is 4.59. The highest BCUT2D eigenvalue weighted by atomic mass is 32.2. The van der Waals surface area contributed by atoms with Crippen LogP contribution >= 0.6 is 34.9 Å². The first kappa shape index (κ1) is 19.5. The summed E-state index contributed by atoms with van der Waals surface area (Å²) >= 11 is 3.89. The largest absolute Gasteiger partial charge is 0.494 e. The van der Waals surface area contributed by atoms with Gasteiger partial charge in [0.15, 0.2) is 8.68 Å². The molecule has 134 valence electrons. The number of nitrogens with two attached hydrogens (primary N) is 1. The highest BCUT2D eigenvalue weighted by Gasteiger charge is 2.17. The molecular formula is C15H18N4O3S3. The zero-order valence-corrected chi connectivity index (χ0v) is 16.2. The number of aromatic nitrogens is 2. The lowest BCUT2D eigenvalue weighted by atomic mass is 10.3. The van der Waals surface area contributed by atoms with Crippen molar-refractivity contribution in [1.82, 2.24) is 10.2 Å². The summed E-state index contributed by atoms with van der Waals surface area (Å²) in [5.41, 5.74) is 5.80. The number of benzene rings is 1. The lowest BCUT2D eigenvalue weighted by molar-refractivity contribution is -0.116. The van der Waals surface area contributed by atoms with E-state index in [1.54, 1.807) is 19.1 Å². The normalized spacial score (nSPS) is 11.8. The second-order valence-electron chi connectivity index (χ2n) is 4.80. The maximum absolute atomic E-state index is 12.3. The van der Waals surface area contributed by atoms with Crippen molar-refractivity contribution in [3.05, 3.63) is 24.3 Å². The Kier molecular flexibility index (Phi) is 7.53. The third-order valence-electron chi connectivity index (χ3n) is 2.81. The number of carbonyl (C=O) groups excluding carboxylic acids is 2. The van der Waals surface area contributed by atoms with Crippen LogP contribution in [0.3, 0.4) is 0 Å². The van der Waals surface area contributed by atoms with Crippen molar-refractivity contribution in [3.8, 4) is 5.75 Å². The molecule has 0 saturated heterocycles. The van der Waals surface area contributed by atoms with Gasteiger partial charge in [-0.25, -0.2) is 0 Å². The van der Waals surface area contributed by atoms with Gasteiger partial charge in [0.1, 0.15) is 5.75 Å². The maximum Gasteiger partial charge on any atom is 0.237 e. The average Bonchev–Trinajstić information content (AvgIpc) is 3.02. The fourth-order valence-electron chi connectivity index (χ4n) is 1.69. The highest BCUT2D eigenvalue weighted by molar-refractivity contribution is 8.04. The minimum atomic E-state index is -0.405. The van der Waals surface area contributed by atoms with Crippen molar-refractivity contribution in [2.75, 3.05) is 17.7 Å². The fraction of sp³-hybridized carbons (Fsp3) is 0.333. The standard InChI is InChI=1S/C15H18N4O3S3/c1-3-22-11-6-4-10(5-7-11)17-13(21)9(2)24-15-19-18-14(25-15)23-8-12(16)20/h4-7,9H,3,8H2,1-2H3,(H2,16,20)(H,17,21)/t9-/m1/s1. The van der Waals surface area contributed by atoms with Crippen LogP contribution in [0.4, 0.5) is 5.69 Å². The van der Waals surface area contributed by atoms with E-state index >= 15 is 0 Å². The molecule has 0 aliphatic heterocycles. The molecule has 1 heterocycles. The van der Waals surface area contributed by atoms with E-state index < -0.39 is 5.91 Å². The van der Waals surface area contributed by atoms with E-state index in [2.05, 4.69) is 15.5 Å². The van der Waals surface area contributed by atoms with Crippen molar-refractivity contribution in [3.63, 3.8) is 0 Å². The van der Waals surface area contributed by atoms with Crippen LogP contribution in [-0.2, 0) is 9.59 Å². The Labute approximate surface area is 158 Å². The third kappa shape index (κ3) is 6.56. The molecule has 0 aliphatic rings. The molecule has 7 nitrogen and oxygen atoms in total. The molecule has 0 fully saturated rings. The lowest BCUT2D eigenvalue weighted by Crippen LogP contribution is -2.22. The molecule has 0 saturated carbocycles. The number of ether oxygens (including phenoxy) is 1. The van der Waals surface area contributed by atoms with Gasteiger partial charge in [-0.05, 0) is 38.1 Å². The third-order valence-corrected chi connectivity index (χ3v) is 6.07. The van der Waals surface area contributed by atoms with Crippen molar-refractivity contribution in [1.29, 1.82) is 0 Å². The number of hydrogen-bond acceptors (Lipinski definition) is 8. The molecule has 0 aliphatic carbocycles. The quantitative estimate of drug-likeness (QED) is 0.625. The molecular weight excluding hydrogens is 380 g/mol. The van der Waals surface area contributed by atoms with Gasteiger partial charge in [-0.2, -0.15) is 0 Å². The number of primary amides is 1. The van der Waals surface area contributed by atoms with E-state index in [1.165, 1.54) is 34.9 Å². The van der Waals surface area contributed by atoms with Crippen LogP contribution in [0.1, 0.15) is 13.8 Å². The summed E-state index contributed by atoms with van der Waals surface area (Å²) in [4.78, 5) is 23.0. The summed E-state index contributed by atoms with van der Waals surface area (Å²) in [6.45, 7) is 4.31. The molecule has 0 unspecified atom stereocenters. The number of nitrogens with zero attached hydrogens (tertiary/aromatic N) is 2. The summed E-state index contributed by atoms with van der Waals surface area (Å²) in [6.07, 6.45) is 0. The molecule has 0 radical (unpaired) electrons. The Bertz CT molecular complexity index is 721. The monoisotopic (exact) mass is 398 g/mol. The molecule has 0 bridgehead atoms. The van der Waals surface area contributed by atoms with Gasteiger partial charge in [0.25, 0.3) is 0 Å². The summed E-state index contributed by atoms with van der Waals surface area (Å²) in [7, 11) is 0. The van der Waals surface area contributed by atoms with Crippen LogP contribution in [0.2, 0.25) is 0 Å². The van der Waals surface area contributed by atoms with E-state index in [-0.39, 0.29) is 16.9 Å². The number of amides is 2. The Morgan fingerprint density at radius 3 is 2.60 bits per heavy atom. The topological polar surface area (TPSA) is 107 Å². The SMILES string of the molecule is CCOc1ccc(NC(=O)[C@@H](C)Sc2nnc(SCC(N)=O)s2)cc1. The van der Waals surface area contributed by atoms with Crippen LogP contribution in [0.25, 0.3) is 0 Å². The van der Waals surface area contributed by atoms with Crippen molar-refractivity contribution < 1.29 is 14.3 Å². The van der Waals surface area contributed by atoms with Crippen LogP contribution in [0, 0.1) is 0 Å². The van der Waals surface area contributed by atoms with Crippen LogP contribution in [-0.4, -0.2) is 39.6 Å². The van der Waals surface area contributed by atoms with Gasteiger partial charge in [0, 0.05) is 5.69 Å². The Balaban J connectivity index is 1.86. The van der Waals surface area contributed by atoms with Gasteiger partial charge in [0.2, 0.25) is 11.8 Å². The zero-order valence-electron chi connectivity index (χ0n) is 13.7. The summed E-state index contributed by atoms with van der Waals surface area (Å²) in [5, 5.41) is 10.5. The highest BCUT2D eigenvalue weighted by Crippen LogP contribution is 2.31. The molecule has 1 aromatic heterocycles. The number of rotatable bonds is 9. The molecule has 2 aromatic rings. The van der Waals surface area contributed by atoms with Crippen LogP contribution in [0.5, 0.6) is 5.75 Å². The number of anilines is 1. The molecule has 10 heteroatoms. The maximum atomic E-state index is 12.3. The molecule has 3 N–H and O–H groups in total. The number of carbonyl (C=O) groups is 2. The second kappa shape index (κ2) is 9.64. The first-order chi connectivity index (χ1) is 12.0. The Morgan fingerprint density at radius 2 is 1.96 bits per heavy atom. The average molecular weight is 399 g/mol. The Hall–Kier alpha value is -1.78. The summed E-state index contributed by atoms with van der Waals surface area (Å²) in [5.74, 6) is 0.388. The van der Waals surface area contributed by atoms with E-state index in [4.69, 9.17) is 10.5 Å². The van der Waals surface area contributed by atoms with Crippen molar-refractivity contribution in [2.24, 2.45) is 5.73 Å². The van der Waals surface area contributed by atoms with Gasteiger partial charge in [0.05, 0.1) is 17.6 Å². The summed E-state index contributed by atoms with van der Waals surface area (Å²) < 4.78 is 6.69. The molecule has 1 atom stereocenters. The molecule has 2 amide bonds. The van der Waals surface area contributed by atoms with E-state index in [1.807, 2.05) is 19.1 Å². The van der Waals surface area contributed by atoms with E-state index in [9.17, 15) is 9.59 Å². The number of hydrogen-bond donors (Lipinski definition) is 2. The van der Waals surface area contributed by atoms with Crippen LogP contribution in [0.15, 0.2) is 32.9 Å². The number of nitrogens with one attached hydrogen (secondary N) is 1. The van der Waals surface area contributed by atoms with E-state index in [0.717, 1.165) is 5.75 Å². The predicted molar refractivity (Wildman–Crippen MR) is 101 cm³/mol. The van der Waals surface area contributed by atoms with Gasteiger partial charge in [-0.15, -0.1) is 10.2 Å². The van der Waals surface area contributed by atoms with Gasteiger partial charge >= 0.3 is 0 Å². The first-order valence-corrected chi connectivity index (χ1v) is 10.1. The first-order valence-electron chi connectivity index (χ1n) is 7.43. The Morgan fingerprint density at radius 1 is 1.28 bits per heavy atom. The predicted octanol–water partition coefficient (Wildman–Crippen LogP) is 2.63. The summed E-state index contributed by atoms with van der Waals surface area (Å²) in [6, 6.07) is 7.21. The minimum absolute atomic E-state index is 0.129. The van der Waals surface area contributed by atoms with Gasteiger partial charge in [-0.1, -0.05) is 34.9 Å². The van der Waals surface area contributed by atoms with E-state index in [0.29, 0.717) is 21.0 Å². The lowest BCUT2D eigenvalue weighted by Gasteiger charge is -2.11. The zero-order chi connectivity index (χ0) is 18.2. The van der Waals surface area contributed by atoms with Crippen molar-refractivity contribution >= 4 is 52.4 Å². The van der Waals surface area contributed by atoms with Gasteiger partial charge in [-0.3, -0.25) is 9.59 Å². The minimum Gasteiger partial charge on any atom is -0.494 e. The molecule has 0 spiro atoms. The molecule has 2 rings (SSSR count). The second-order valence-corrected chi connectivity index (χ2v) is 8.58.